The number of furan rings is 1. The quantitative estimate of drug-likeness (QED) is 0.345. The predicted molar refractivity (Wildman–Crippen MR) is 115 cm³/mol. The SMILES string of the molecule is CCOc1cc(/C=C2\N=C(c3ccco3)OC2=O)cc(Br)c1OCc1ccccc1. The van der Waals surface area contributed by atoms with Crippen molar-refractivity contribution < 1.29 is 23.4 Å². The molecule has 1 aliphatic rings. The number of carbonyl (C=O) groups is 1. The van der Waals surface area contributed by atoms with Crippen LogP contribution >= 0.6 is 15.9 Å². The van der Waals surface area contributed by atoms with Gasteiger partial charge in [0, 0.05) is 0 Å². The summed E-state index contributed by atoms with van der Waals surface area (Å²) in [6, 6.07) is 16.9. The summed E-state index contributed by atoms with van der Waals surface area (Å²) in [5.74, 6) is 1.16. The van der Waals surface area contributed by atoms with Crippen LogP contribution in [-0.4, -0.2) is 18.5 Å². The summed E-state index contributed by atoms with van der Waals surface area (Å²) in [5, 5.41) is 0. The molecule has 0 aliphatic carbocycles. The van der Waals surface area contributed by atoms with Crippen molar-refractivity contribution in [3.8, 4) is 11.5 Å². The summed E-state index contributed by atoms with van der Waals surface area (Å²) in [5.41, 5.74) is 1.94. The van der Waals surface area contributed by atoms with Crippen molar-refractivity contribution in [1.82, 2.24) is 0 Å². The molecule has 0 spiro atoms. The molecule has 1 aliphatic heterocycles. The van der Waals surface area contributed by atoms with Crippen molar-refractivity contribution in [1.29, 1.82) is 0 Å². The molecule has 0 saturated carbocycles. The third-order valence-electron chi connectivity index (χ3n) is 4.21. The average Bonchev–Trinajstić information content (AvgIpc) is 3.39. The standard InChI is InChI=1S/C23H18BrNO5/c1-2-27-20-13-16(11-17(24)21(20)29-14-15-7-4-3-5-8-15)12-18-23(26)30-22(25-18)19-9-6-10-28-19/h3-13H,2,14H2,1H3/b18-12-. The van der Waals surface area contributed by atoms with Gasteiger partial charge in [-0.3, -0.25) is 0 Å². The van der Waals surface area contributed by atoms with E-state index < -0.39 is 5.97 Å². The van der Waals surface area contributed by atoms with Crippen molar-refractivity contribution in [2.45, 2.75) is 13.5 Å². The minimum absolute atomic E-state index is 0.142. The van der Waals surface area contributed by atoms with Crippen molar-refractivity contribution >= 4 is 33.9 Å². The van der Waals surface area contributed by atoms with Crippen LogP contribution in [0.25, 0.3) is 6.08 Å². The third-order valence-corrected chi connectivity index (χ3v) is 4.80. The monoisotopic (exact) mass is 467 g/mol. The minimum Gasteiger partial charge on any atom is -0.490 e. The van der Waals surface area contributed by atoms with E-state index in [0.29, 0.717) is 40.5 Å². The van der Waals surface area contributed by atoms with E-state index in [1.807, 2.05) is 43.3 Å². The van der Waals surface area contributed by atoms with Gasteiger partial charge in [0.15, 0.2) is 23.0 Å². The highest BCUT2D eigenvalue weighted by molar-refractivity contribution is 9.10. The van der Waals surface area contributed by atoms with E-state index >= 15 is 0 Å². The largest absolute Gasteiger partial charge is 0.490 e. The lowest BCUT2D eigenvalue weighted by Gasteiger charge is -2.15. The van der Waals surface area contributed by atoms with E-state index in [-0.39, 0.29) is 11.6 Å². The number of hydrogen-bond acceptors (Lipinski definition) is 6. The fourth-order valence-electron chi connectivity index (χ4n) is 2.88. The van der Waals surface area contributed by atoms with Gasteiger partial charge in [-0.2, -0.15) is 0 Å². The Labute approximate surface area is 181 Å². The van der Waals surface area contributed by atoms with E-state index in [9.17, 15) is 4.79 Å². The highest BCUT2D eigenvalue weighted by Gasteiger charge is 2.26. The lowest BCUT2D eigenvalue weighted by molar-refractivity contribution is -0.130. The zero-order chi connectivity index (χ0) is 20.9. The summed E-state index contributed by atoms with van der Waals surface area (Å²) >= 11 is 3.55. The molecule has 0 unspecified atom stereocenters. The average molecular weight is 468 g/mol. The molecule has 0 bridgehead atoms. The number of cyclic esters (lactones) is 1. The highest BCUT2D eigenvalue weighted by Crippen LogP contribution is 2.38. The Morgan fingerprint density at radius 1 is 1.10 bits per heavy atom. The van der Waals surface area contributed by atoms with Gasteiger partial charge in [-0.15, -0.1) is 0 Å². The van der Waals surface area contributed by atoms with Gasteiger partial charge >= 0.3 is 5.97 Å². The van der Waals surface area contributed by atoms with Crippen LogP contribution in [-0.2, 0) is 16.1 Å². The van der Waals surface area contributed by atoms with Gasteiger partial charge in [-0.1, -0.05) is 30.3 Å². The molecule has 6 nitrogen and oxygen atoms in total. The first kappa shape index (κ1) is 20.0. The lowest BCUT2D eigenvalue weighted by Crippen LogP contribution is -2.04. The first-order valence-corrected chi connectivity index (χ1v) is 10.1. The summed E-state index contributed by atoms with van der Waals surface area (Å²) in [7, 11) is 0. The molecule has 0 atom stereocenters. The molecule has 2 heterocycles. The maximum Gasteiger partial charge on any atom is 0.363 e. The first-order chi connectivity index (χ1) is 14.6. The van der Waals surface area contributed by atoms with Gasteiger partial charge in [0.05, 0.1) is 17.3 Å². The van der Waals surface area contributed by atoms with Crippen LogP contribution in [0, 0.1) is 0 Å². The van der Waals surface area contributed by atoms with E-state index in [1.165, 1.54) is 6.26 Å². The molecule has 1 aromatic heterocycles. The fraction of sp³-hybridized carbons (Fsp3) is 0.130. The first-order valence-electron chi connectivity index (χ1n) is 9.33. The summed E-state index contributed by atoms with van der Waals surface area (Å²) < 4.78 is 22.9. The van der Waals surface area contributed by atoms with Gasteiger partial charge in [0.2, 0.25) is 0 Å². The van der Waals surface area contributed by atoms with E-state index in [0.717, 1.165) is 5.56 Å². The maximum absolute atomic E-state index is 12.2. The van der Waals surface area contributed by atoms with Crippen molar-refractivity contribution in [2.75, 3.05) is 6.61 Å². The molecular weight excluding hydrogens is 450 g/mol. The molecule has 0 fully saturated rings. The van der Waals surface area contributed by atoms with E-state index in [2.05, 4.69) is 20.9 Å². The van der Waals surface area contributed by atoms with Crippen LogP contribution in [0.1, 0.15) is 23.8 Å². The Morgan fingerprint density at radius 3 is 2.67 bits per heavy atom. The molecule has 4 rings (SSSR count). The maximum atomic E-state index is 12.2. The summed E-state index contributed by atoms with van der Waals surface area (Å²) in [4.78, 5) is 16.4. The number of halogens is 1. The molecule has 0 saturated heterocycles. The molecule has 7 heteroatoms. The molecule has 3 aromatic rings. The van der Waals surface area contributed by atoms with Crippen LogP contribution in [0.3, 0.4) is 0 Å². The highest BCUT2D eigenvalue weighted by atomic mass is 79.9. The number of benzene rings is 2. The Kier molecular flexibility index (Phi) is 5.99. The number of esters is 1. The van der Waals surface area contributed by atoms with E-state index in [1.54, 1.807) is 24.3 Å². The van der Waals surface area contributed by atoms with Crippen LogP contribution in [0.4, 0.5) is 0 Å². The van der Waals surface area contributed by atoms with Crippen LogP contribution < -0.4 is 9.47 Å². The second kappa shape index (κ2) is 9.00. The van der Waals surface area contributed by atoms with Crippen molar-refractivity contribution in [3.05, 3.63) is 87.9 Å². The summed E-state index contributed by atoms with van der Waals surface area (Å²) in [6.45, 7) is 2.77. The van der Waals surface area contributed by atoms with Crippen LogP contribution in [0.5, 0.6) is 11.5 Å². The molecular formula is C23H18BrNO5. The molecule has 30 heavy (non-hydrogen) atoms. The Hall–Kier alpha value is -3.32. The Balaban J connectivity index is 1.61. The number of aliphatic imine (C=N–C) groups is 1. The number of nitrogens with zero attached hydrogens (tertiary/aromatic N) is 1. The molecule has 2 aromatic carbocycles. The second-order valence-corrected chi connectivity index (χ2v) is 7.20. The molecule has 0 N–H and O–H groups in total. The number of carbonyl (C=O) groups excluding carboxylic acids is 1. The fourth-order valence-corrected chi connectivity index (χ4v) is 3.45. The van der Waals surface area contributed by atoms with Gasteiger partial charge in [0.1, 0.15) is 6.61 Å². The van der Waals surface area contributed by atoms with Gasteiger partial charge < -0.3 is 18.6 Å². The van der Waals surface area contributed by atoms with Gasteiger partial charge in [-0.05, 0) is 64.3 Å². The Bertz CT molecular complexity index is 1100. The minimum atomic E-state index is -0.542. The molecule has 0 amide bonds. The number of hydrogen-bond donors (Lipinski definition) is 0. The second-order valence-electron chi connectivity index (χ2n) is 6.35. The van der Waals surface area contributed by atoms with Crippen LogP contribution in [0.2, 0.25) is 0 Å². The smallest absolute Gasteiger partial charge is 0.363 e. The topological polar surface area (TPSA) is 70.3 Å². The number of ether oxygens (including phenoxy) is 3. The lowest BCUT2D eigenvalue weighted by atomic mass is 10.1. The predicted octanol–water partition coefficient (Wildman–Crippen LogP) is 5.36. The van der Waals surface area contributed by atoms with Crippen molar-refractivity contribution in [2.24, 2.45) is 4.99 Å². The zero-order valence-corrected chi connectivity index (χ0v) is 17.7. The van der Waals surface area contributed by atoms with Gasteiger partial charge in [-0.25, -0.2) is 9.79 Å². The molecule has 0 radical (unpaired) electrons. The third kappa shape index (κ3) is 4.46. The normalized spacial score (nSPS) is 14.5. The summed E-state index contributed by atoms with van der Waals surface area (Å²) in [6.07, 6.45) is 3.12. The number of rotatable bonds is 7. The van der Waals surface area contributed by atoms with E-state index in [4.69, 9.17) is 18.6 Å². The van der Waals surface area contributed by atoms with Crippen molar-refractivity contribution in [3.63, 3.8) is 0 Å². The van der Waals surface area contributed by atoms with Crippen LogP contribution in [0.15, 0.2) is 80.4 Å². The zero-order valence-electron chi connectivity index (χ0n) is 16.1. The van der Waals surface area contributed by atoms with Gasteiger partial charge in [0.25, 0.3) is 5.90 Å². The molecule has 152 valence electrons. The Morgan fingerprint density at radius 2 is 1.93 bits per heavy atom.